The van der Waals surface area contributed by atoms with Crippen LogP contribution in [-0.2, 0) is 30.3 Å². The molecule has 0 aromatic heterocycles. The standard InChI is InChI=1S/C28H42N2O5.3CH4/c1-21(2)9-7-8-17-35-18-16-29(3)27(33)20-28(34)30(4)23-14-12-22(13-15-23)19-26(32)24-10-5-6-11-25(24)31;;;/h12-15,21,24H,5-11,16-20H2,1-4H3;3*1H4. The summed E-state index contributed by atoms with van der Waals surface area (Å²) in [5.74, 6) is -0.274. The Morgan fingerprint density at radius 2 is 1.61 bits per heavy atom. The number of hydrogen-bond donors (Lipinski definition) is 0. The van der Waals surface area contributed by atoms with E-state index in [1.165, 1.54) is 16.2 Å². The van der Waals surface area contributed by atoms with Crippen LogP contribution in [0.15, 0.2) is 24.3 Å². The number of rotatable bonds is 14. The molecule has 1 unspecified atom stereocenters. The molecule has 7 nitrogen and oxygen atoms in total. The molecule has 0 saturated heterocycles. The van der Waals surface area contributed by atoms with Crippen molar-refractivity contribution in [3.63, 3.8) is 0 Å². The van der Waals surface area contributed by atoms with Crippen LogP contribution in [0, 0.1) is 11.8 Å². The summed E-state index contributed by atoms with van der Waals surface area (Å²) in [6, 6.07) is 7.14. The maximum Gasteiger partial charge on any atom is 0.236 e. The third-order valence-electron chi connectivity index (χ3n) is 6.64. The Morgan fingerprint density at radius 1 is 0.947 bits per heavy atom. The Bertz CT molecular complexity index is 850. The van der Waals surface area contributed by atoms with E-state index in [0.717, 1.165) is 31.2 Å². The number of nitrogens with zero attached hydrogens (tertiary/aromatic N) is 2. The van der Waals surface area contributed by atoms with Gasteiger partial charge >= 0.3 is 0 Å². The van der Waals surface area contributed by atoms with Crippen molar-refractivity contribution >= 4 is 29.1 Å². The fourth-order valence-electron chi connectivity index (χ4n) is 4.20. The van der Waals surface area contributed by atoms with Gasteiger partial charge in [-0.2, -0.15) is 0 Å². The third-order valence-corrected chi connectivity index (χ3v) is 6.64. The number of carbonyl (C=O) groups excluding carboxylic acids is 4. The van der Waals surface area contributed by atoms with Gasteiger partial charge in [-0.05, 0) is 42.9 Å². The highest BCUT2D eigenvalue weighted by molar-refractivity contribution is 6.05. The van der Waals surface area contributed by atoms with Gasteiger partial charge in [-0.15, -0.1) is 0 Å². The Hall–Kier alpha value is -2.54. The number of ketones is 2. The van der Waals surface area contributed by atoms with Crippen LogP contribution in [0.2, 0.25) is 0 Å². The topological polar surface area (TPSA) is 84.0 Å². The molecule has 2 rings (SSSR count). The molecule has 1 atom stereocenters. The van der Waals surface area contributed by atoms with Crippen molar-refractivity contribution in [2.75, 3.05) is 38.8 Å². The van der Waals surface area contributed by atoms with Crippen molar-refractivity contribution in [2.45, 2.75) is 93.9 Å². The maximum absolute atomic E-state index is 12.6. The third kappa shape index (κ3) is 12.8. The van der Waals surface area contributed by atoms with E-state index < -0.39 is 5.92 Å². The molecule has 0 N–H and O–H groups in total. The summed E-state index contributed by atoms with van der Waals surface area (Å²) in [4.78, 5) is 52.6. The molecule has 1 saturated carbocycles. The monoisotopic (exact) mass is 534 g/mol. The minimum Gasteiger partial charge on any atom is -0.380 e. The van der Waals surface area contributed by atoms with Crippen molar-refractivity contribution in [1.82, 2.24) is 4.90 Å². The number of benzene rings is 1. The van der Waals surface area contributed by atoms with Crippen LogP contribution >= 0.6 is 0 Å². The minimum absolute atomic E-state index is 0. The summed E-state index contributed by atoms with van der Waals surface area (Å²) in [5.41, 5.74) is 1.47. The number of hydrogen-bond acceptors (Lipinski definition) is 5. The number of ether oxygens (including phenoxy) is 1. The summed E-state index contributed by atoms with van der Waals surface area (Å²) in [6.07, 6.45) is 6.31. The van der Waals surface area contributed by atoms with Crippen LogP contribution in [-0.4, -0.2) is 62.1 Å². The number of amides is 2. The van der Waals surface area contributed by atoms with Gasteiger partial charge in [0, 0.05) is 45.8 Å². The smallest absolute Gasteiger partial charge is 0.236 e. The van der Waals surface area contributed by atoms with Crippen LogP contribution < -0.4 is 4.90 Å². The number of anilines is 1. The molecule has 1 aliphatic carbocycles. The van der Waals surface area contributed by atoms with Gasteiger partial charge in [0.1, 0.15) is 18.0 Å². The molecule has 38 heavy (non-hydrogen) atoms. The van der Waals surface area contributed by atoms with E-state index in [-0.39, 0.29) is 58.5 Å². The molecular formula is C31H54N2O5. The van der Waals surface area contributed by atoms with Crippen molar-refractivity contribution in [3.05, 3.63) is 29.8 Å². The lowest BCUT2D eigenvalue weighted by molar-refractivity contribution is -0.135. The van der Waals surface area contributed by atoms with E-state index in [1.807, 2.05) is 0 Å². The van der Waals surface area contributed by atoms with E-state index in [4.69, 9.17) is 4.74 Å². The molecule has 1 aromatic carbocycles. The highest BCUT2D eigenvalue weighted by Crippen LogP contribution is 2.23. The summed E-state index contributed by atoms with van der Waals surface area (Å²) >= 11 is 0. The number of likely N-dealkylation sites (N-methyl/N-ethyl adjacent to an activating group) is 1. The van der Waals surface area contributed by atoms with E-state index in [0.29, 0.717) is 44.2 Å². The quantitative estimate of drug-likeness (QED) is 0.212. The largest absolute Gasteiger partial charge is 0.380 e. The van der Waals surface area contributed by atoms with Gasteiger partial charge in [-0.25, -0.2) is 0 Å². The van der Waals surface area contributed by atoms with Crippen LogP contribution in [0.4, 0.5) is 5.69 Å². The van der Waals surface area contributed by atoms with Crippen molar-refractivity contribution in [3.8, 4) is 0 Å². The first-order valence-corrected chi connectivity index (χ1v) is 12.9. The first-order valence-electron chi connectivity index (χ1n) is 12.9. The normalized spacial score (nSPS) is 14.6. The highest BCUT2D eigenvalue weighted by Gasteiger charge is 2.28. The zero-order chi connectivity index (χ0) is 25.8. The van der Waals surface area contributed by atoms with E-state index >= 15 is 0 Å². The van der Waals surface area contributed by atoms with E-state index in [1.54, 1.807) is 38.4 Å². The zero-order valence-electron chi connectivity index (χ0n) is 21.9. The minimum atomic E-state index is -0.467. The molecule has 1 fully saturated rings. The predicted octanol–water partition coefficient (Wildman–Crippen LogP) is 6.12. The Labute approximate surface area is 232 Å². The van der Waals surface area contributed by atoms with Crippen molar-refractivity contribution < 1.29 is 23.9 Å². The van der Waals surface area contributed by atoms with Crippen molar-refractivity contribution in [2.24, 2.45) is 11.8 Å². The molecule has 2 amide bonds. The molecule has 0 radical (unpaired) electrons. The number of unbranched alkanes of at least 4 members (excludes halogenated alkanes) is 1. The molecular weight excluding hydrogens is 480 g/mol. The average molecular weight is 535 g/mol. The first kappa shape index (κ1) is 37.6. The lowest BCUT2D eigenvalue weighted by atomic mass is 9.83. The highest BCUT2D eigenvalue weighted by atomic mass is 16.5. The van der Waals surface area contributed by atoms with Gasteiger partial charge in [-0.1, -0.05) is 67.5 Å². The van der Waals surface area contributed by atoms with E-state index in [9.17, 15) is 19.2 Å². The second kappa shape index (κ2) is 19.5. The van der Waals surface area contributed by atoms with Gasteiger partial charge < -0.3 is 14.5 Å². The lowest BCUT2D eigenvalue weighted by Gasteiger charge is -2.21. The second-order valence-electron chi connectivity index (χ2n) is 10.0. The summed E-state index contributed by atoms with van der Waals surface area (Å²) in [6.45, 7) is 6.02. The fourth-order valence-corrected chi connectivity index (χ4v) is 4.20. The fraction of sp³-hybridized carbons (Fsp3) is 0.677. The molecule has 0 heterocycles. The molecule has 1 aromatic rings. The SMILES string of the molecule is C.C.C.CC(C)CCCCOCCN(C)C(=O)CC(=O)N(C)c1ccc(CC(=O)C2CCCCC2=O)cc1. The van der Waals surface area contributed by atoms with Gasteiger partial charge in [0.15, 0.2) is 0 Å². The van der Waals surface area contributed by atoms with Gasteiger partial charge in [0.2, 0.25) is 11.8 Å². The Balaban J connectivity index is 0. The van der Waals surface area contributed by atoms with Crippen LogP contribution in [0.5, 0.6) is 0 Å². The molecule has 0 bridgehead atoms. The summed E-state index contributed by atoms with van der Waals surface area (Å²) < 4.78 is 5.61. The van der Waals surface area contributed by atoms with Gasteiger partial charge in [0.25, 0.3) is 0 Å². The zero-order valence-corrected chi connectivity index (χ0v) is 21.9. The maximum atomic E-state index is 12.6. The summed E-state index contributed by atoms with van der Waals surface area (Å²) in [7, 11) is 3.32. The van der Waals surface area contributed by atoms with Crippen LogP contribution in [0.3, 0.4) is 0 Å². The number of carbonyl (C=O) groups is 4. The predicted molar refractivity (Wildman–Crippen MR) is 157 cm³/mol. The molecule has 218 valence electrons. The lowest BCUT2D eigenvalue weighted by Crippen LogP contribution is -2.36. The Morgan fingerprint density at radius 3 is 2.21 bits per heavy atom. The number of Topliss-reactive ketones (excluding diaryl/α,β-unsaturated/α-hetero) is 2. The molecule has 7 heteroatoms. The second-order valence-corrected chi connectivity index (χ2v) is 10.0. The molecule has 0 spiro atoms. The first-order chi connectivity index (χ1) is 16.7. The average Bonchev–Trinajstić information content (AvgIpc) is 2.83. The van der Waals surface area contributed by atoms with Crippen molar-refractivity contribution in [1.29, 1.82) is 0 Å². The van der Waals surface area contributed by atoms with Crippen LogP contribution in [0.25, 0.3) is 0 Å². The van der Waals surface area contributed by atoms with Crippen LogP contribution in [0.1, 0.15) is 93.1 Å². The van der Waals surface area contributed by atoms with E-state index in [2.05, 4.69) is 13.8 Å². The Kier molecular flexibility index (Phi) is 19.3. The van der Waals surface area contributed by atoms with Gasteiger partial charge in [-0.3, -0.25) is 19.2 Å². The molecule has 1 aliphatic rings. The van der Waals surface area contributed by atoms with Gasteiger partial charge in [0.05, 0.1) is 12.5 Å². The molecule has 0 aliphatic heterocycles. The summed E-state index contributed by atoms with van der Waals surface area (Å²) in [5, 5.41) is 0.